The maximum absolute atomic E-state index is 12.5. The Balaban J connectivity index is 3.30. The number of rotatable bonds is 4. The molecule has 0 aliphatic heterocycles. The van der Waals surface area contributed by atoms with E-state index in [1.807, 2.05) is 0 Å². The summed E-state index contributed by atoms with van der Waals surface area (Å²) in [6.45, 7) is 3.35. The Kier molecular flexibility index (Phi) is 4.38. The zero-order valence-corrected chi connectivity index (χ0v) is 11.9. The Morgan fingerprint density at radius 2 is 1.74 bits per heavy atom. The van der Waals surface area contributed by atoms with E-state index in [0.29, 0.717) is 17.1 Å². The lowest BCUT2D eigenvalue weighted by atomic mass is 10.0. The average Bonchev–Trinajstić information content (AvgIpc) is 2.44. The van der Waals surface area contributed by atoms with Gasteiger partial charge in [0.1, 0.15) is 22.6 Å². The molecule has 0 N–H and O–H groups in total. The highest BCUT2D eigenvalue weighted by Gasteiger charge is 2.31. The monoisotopic (exact) mass is 262 g/mol. The summed E-state index contributed by atoms with van der Waals surface area (Å²) in [4.78, 5) is 13.9. The molecule has 1 aromatic carbocycles. The van der Waals surface area contributed by atoms with Gasteiger partial charge in [-0.3, -0.25) is 4.79 Å². The van der Waals surface area contributed by atoms with Gasteiger partial charge in [0.25, 0.3) is 5.91 Å². The molecule has 0 unspecified atom stereocenters. The smallest absolute Gasteiger partial charge is 0.262 e. The Morgan fingerprint density at radius 3 is 2.11 bits per heavy atom. The lowest BCUT2D eigenvalue weighted by Crippen LogP contribution is -2.44. The summed E-state index contributed by atoms with van der Waals surface area (Å²) in [6.07, 6.45) is 0. The van der Waals surface area contributed by atoms with Crippen molar-refractivity contribution in [1.29, 1.82) is 5.26 Å². The standard InChI is InChI=1S/C14H18N2O3/c1-14(2,9-15)16(3)13(17)12-10(18-4)7-6-8-11(12)19-5/h6-8H,1-5H3. The van der Waals surface area contributed by atoms with Crippen molar-refractivity contribution in [1.82, 2.24) is 4.90 Å². The number of methoxy groups -OCH3 is 2. The highest BCUT2D eigenvalue weighted by Crippen LogP contribution is 2.30. The van der Waals surface area contributed by atoms with Crippen LogP contribution < -0.4 is 9.47 Å². The second kappa shape index (κ2) is 5.61. The van der Waals surface area contributed by atoms with Gasteiger partial charge in [-0.05, 0) is 26.0 Å². The molecule has 5 nitrogen and oxygen atoms in total. The number of hydrogen-bond donors (Lipinski definition) is 0. The third-order valence-corrected chi connectivity index (χ3v) is 3.06. The van der Waals surface area contributed by atoms with Crippen LogP contribution in [0.15, 0.2) is 18.2 Å². The first-order valence-corrected chi connectivity index (χ1v) is 5.79. The second-order valence-corrected chi connectivity index (χ2v) is 4.57. The van der Waals surface area contributed by atoms with Crippen LogP contribution in [-0.4, -0.2) is 37.6 Å². The van der Waals surface area contributed by atoms with Crippen LogP contribution in [-0.2, 0) is 0 Å². The molecule has 5 heteroatoms. The molecule has 0 aromatic heterocycles. The molecule has 0 fully saturated rings. The van der Waals surface area contributed by atoms with Gasteiger partial charge in [0.05, 0.1) is 20.3 Å². The number of carbonyl (C=O) groups is 1. The SMILES string of the molecule is COc1cccc(OC)c1C(=O)N(C)C(C)(C)C#N. The van der Waals surface area contributed by atoms with Crippen molar-refractivity contribution in [2.45, 2.75) is 19.4 Å². The molecule has 19 heavy (non-hydrogen) atoms. The third kappa shape index (κ3) is 2.79. The normalized spacial score (nSPS) is 10.5. The van der Waals surface area contributed by atoms with Crippen LogP contribution >= 0.6 is 0 Å². The maximum Gasteiger partial charge on any atom is 0.262 e. The molecule has 0 spiro atoms. The van der Waals surface area contributed by atoms with Crippen LogP contribution in [0.25, 0.3) is 0 Å². The molecule has 1 amide bonds. The van der Waals surface area contributed by atoms with Gasteiger partial charge in [-0.15, -0.1) is 0 Å². The summed E-state index contributed by atoms with van der Waals surface area (Å²) < 4.78 is 10.4. The minimum Gasteiger partial charge on any atom is -0.496 e. The minimum absolute atomic E-state index is 0.318. The molecular formula is C14H18N2O3. The first kappa shape index (κ1) is 14.8. The molecule has 0 heterocycles. The lowest BCUT2D eigenvalue weighted by Gasteiger charge is -2.30. The van der Waals surface area contributed by atoms with Crippen molar-refractivity contribution in [2.75, 3.05) is 21.3 Å². The third-order valence-electron chi connectivity index (χ3n) is 3.06. The van der Waals surface area contributed by atoms with Crippen LogP contribution in [0.5, 0.6) is 11.5 Å². The van der Waals surface area contributed by atoms with Gasteiger partial charge >= 0.3 is 0 Å². The summed E-state index contributed by atoms with van der Waals surface area (Å²) in [7, 11) is 4.55. The van der Waals surface area contributed by atoms with E-state index in [4.69, 9.17) is 14.7 Å². The number of nitrogens with zero attached hydrogens (tertiary/aromatic N) is 2. The van der Waals surface area contributed by atoms with E-state index in [-0.39, 0.29) is 5.91 Å². The summed E-state index contributed by atoms with van der Waals surface area (Å²) >= 11 is 0. The van der Waals surface area contributed by atoms with Gasteiger partial charge < -0.3 is 14.4 Å². The van der Waals surface area contributed by atoms with Crippen molar-refractivity contribution in [3.63, 3.8) is 0 Å². The van der Waals surface area contributed by atoms with Gasteiger partial charge in [0.15, 0.2) is 0 Å². The highest BCUT2D eigenvalue weighted by atomic mass is 16.5. The van der Waals surface area contributed by atoms with Crippen molar-refractivity contribution < 1.29 is 14.3 Å². The van der Waals surface area contributed by atoms with Crippen LogP contribution in [0.2, 0.25) is 0 Å². The number of amides is 1. The van der Waals surface area contributed by atoms with E-state index in [9.17, 15) is 4.79 Å². The topological polar surface area (TPSA) is 62.6 Å². The van der Waals surface area contributed by atoms with Crippen molar-refractivity contribution in [3.8, 4) is 17.6 Å². The fourth-order valence-electron chi connectivity index (χ4n) is 1.56. The molecule has 0 bridgehead atoms. The number of benzene rings is 1. The van der Waals surface area contributed by atoms with Crippen LogP contribution in [0, 0.1) is 11.3 Å². The molecular weight excluding hydrogens is 244 g/mol. The van der Waals surface area contributed by atoms with E-state index in [1.165, 1.54) is 19.1 Å². The Bertz CT molecular complexity index is 496. The first-order valence-electron chi connectivity index (χ1n) is 5.79. The number of nitriles is 1. The van der Waals surface area contributed by atoms with Crippen molar-refractivity contribution >= 4 is 5.91 Å². The number of ether oxygens (including phenoxy) is 2. The molecule has 0 atom stereocenters. The second-order valence-electron chi connectivity index (χ2n) is 4.57. The molecule has 0 radical (unpaired) electrons. The fraction of sp³-hybridized carbons (Fsp3) is 0.429. The fourth-order valence-corrected chi connectivity index (χ4v) is 1.56. The summed E-state index contributed by atoms with van der Waals surface area (Å²) in [6, 6.07) is 7.20. The Morgan fingerprint density at radius 1 is 1.26 bits per heavy atom. The van der Waals surface area contributed by atoms with Gasteiger partial charge in [0.2, 0.25) is 0 Å². The summed E-state index contributed by atoms with van der Waals surface area (Å²) in [5.41, 5.74) is -0.596. The molecule has 1 rings (SSSR count). The predicted octanol–water partition coefficient (Wildman–Crippen LogP) is 2.08. The van der Waals surface area contributed by atoms with Gasteiger partial charge in [-0.1, -0.05) is 6.07 Å². The van der Waals surface area contributed by atoms with Crippen LogP contribution in [0.1, 0.15) is 24.2 Å². The number of hydrogen-bond acceptors (Lipinski definition) is 4. The van der Waals surface area contributed by atoms with Crippen LogP contribution in [0.3, 0.4) is 0 Å². The van der Waals surface area contributed by atoms with E-state index in [2.05, 4.69) is 6.07 Å². The highest BCUT2D eigenvalue weighted by molar-refractivity contribution is 6.00. The van der Waals surface area contributed by atoms with E-state index >= 15 is 0 Å². The lowest BCUT2D eigenvalue weighted by molar-refractivity contribution is 0.0691. The zero-order valence-electron chi connectivity index (χ0n) is 11.9. The molecule has 1 aromatic rings. The quantitative estimate of drug-likeness (QED) is 0.833. The van der Waals surface area contributed by atoms with E-state index in [1.54, 1.807) is 39.1 Å². The first-order chi connectivity index (χ1) is 8.88. The molecule has 0 aliphatic rings. The van der Waals surface area contributed by atoms with Crippen molar-refractivity contribution in [2.24, 2.45) is 0 Å². The Labute approximate surface area is 113 Å². The molecule has 0 saturated heterocycles. The zero-order chi connectivity index (χ0) is 14.6. The summed E-state index contributed by atoms with van der Waals surface area (Å²) in [5.74, 6) is 0.524. The maximum atomic E-state index is 12.5. The minimum atomic E-state index is -0.914. The van der Waals surface area contributed by atoms with E-state index < -0.39 is 5.54 Å². The Hall–Kier alpha value is -2.22. The molecule has 0 aliphatic carbocycles. The number of carbonyl (C=O) groups excluding carboxylic acids is 1. The van der Waals surface area contributed by atoms with Crippen molar-refractivity contribution in [3.05, 3.63) is 23.8 Å². The predicted molar refractivity (Wildman–Crippen MR) is 71.3 cm³/mol. The van der Waals surface area contributed by atoms with E-state index in [0.717, 1.165) is 0 Å². The molecule has 102 valence electrons. The summed E-state index contributed by atoms with van der Waals surface area (Å²) in [5, 5.41) is 9.11. The average molecular weight is 262 g/mol. The van der Waals surface area contributed by atoms with Crippen LogP contribution in [0.4, 0.5) is 0 Å². The van der Waals surface area contributed by atoms with Gasteiger partial charge in [-0.25, -0.2) is 0 Å². The largest absolute Gasteiger partial charge is 0.496 e. The van der Waals surface area contributed by atoms with Gasteiger partial charge in [0, 0.05) is 7.05 Å². The molecule has 0 saturated carbocycles. The van der Waals surface area contributed by atoms with Gasteiger partial charge in [-0.2, -0.15) is 5.26 Å².